The molecule has 1 saturated heterocycles. The molecule has 1 aliphatic rings. The van der Waals surface area contributed by atoms with Crippen LogP contribution in [0.4, 0.5) is 0 Å². The van der Waals surface area contributed by atoms with Gasteiger partial charge in [-0.3, -0.25) is 0 Å². The third-order valence-electron chi connectivity index (χ3n) is 2.90. The lowest BCUT2D eigenvalue weighted by atomic mass is 9.75. The number of hydrogen-bond acceptors (Lipinski definition) is 2. The fourth-order valence-corrected chi connectivity index (χ4v) is 1.83. The fourth-order valence-electron chi connectivity index (χ4n) is 1.83. The van der Waals surface area contributed by atoms with Crippen molar-refractivity contribution in [2.75, 3.05) is 13.2 Å². The molecule has 1 aliphatic heterocycles. The monoisotopic (exact) mass is 172 g/mol. The van der Waals surface area contributed by atoms with Crippen LogP contribution in [0.2, 0.25) is 0 Å². The Morgan fingerprint density at radius 2 is 2.08 bits per heavy atom. The molecule has 0 aromatic heterocycles. The van der Waals surface area contributed by atoms with Gasteiger partial charge in [0.25, 0.3) is 0 Å². The average molecular weight is 172 g/mol. The van der Waals surface area contributed by atoms with Gasteiger partial charge >= 0.3 is 0 Å². The summed E-state index contributed by atoms with van der Waals surface area (Å²) in [5.41, 5.74) is 0.116. The van der Waals surface area contributed by atoms with E-state index in [0.29, 0.717) is 0 Å². The Morgan fingerprint density at radius 3 is 2.42 bits per heavy atom. The van der Waals surface area contributed by atoms with Crippen molar-refractivity contribution in [1.82, 2.24) is 0 Å². The molecule has 0 spiro atoms. The normalized spacial score (nSPS) is 23.2. The van der Waals surface area contributed by atoms with E-state index in [4.69, 9.17) is 4.74 Å². The number of aliphatic hydroxyl groups excluding tert-OH is 1. The molecule has 12 heavy (non-hydrogen) atoms. The predicted octanol–water partition coefficient (Wildman–Crippen LogP) is 1.96. The fraction of sp³-hybridized carbons (Fsp3) is 1.00. The highest BCUT2D eigenvalue weighted by Crippen LogP contribution is 2.37. The Morgan fingerprint density at radius 1 is 1.42 bits per heavy atom. The van der Waals surface area contributed by atoms with Gasteiger partial charge in [-0.05, 0) is 12.8 Å². The van der Waals surface area contributed by atoms with Crippen LogP contribution in [0.15, 0.2) is 0 Å². The van der Waals surface area contributed by atoms with E-state index in [2.05, 4.69) is 6.92 Å². The minimum absolute atomic E-state index is 0.116. The molecule has 1 atom stereocenters. The maximum atomic E-state index is 9.77. The van der Waals surface area contributed by atoms with Crippen molar-refractivity contribution >= 4 is 0 Å². The van der Waals surface area contributed by atoms with Gasteiger partial charge in [-0.1, -0.05) is 26.7 Å². The highest BCUT2D eigenvalue weighted by Gasteiger charge is 2.43. The van der Waals surface area contributed by atoms with Crippen LogP contribution >= 0.6 is 0 Å². The first-order chi connectivity index (χ1) is 5.75. The van der Waals surface area contributed by atoms with Crippen LogP contribution in [0.1, 0.15) is 39.5 Å². The van der Waals surface area contributed by atoms with E-state index in [1.54, 1.807) is 0 Å². The molecule has 72 valence electrons. The van der Waals surface area contributed by atoms with E-state index < -0.39 is 0 Å². The van der Waals surface area contributed by atoms with Crippen LogP contribution in [0.3, 0.4) is 0 Å². The van der Waals surface area contributed by atoms with Crippen molar-refractivity contribution in [3.63, 3.8) is 0 Å². The molecular weight excluding hydrogens is 152 g/mol. The van der Waals surface area contributed by atoms with E-state index in [0.717, 1.165) is 26.1 Å². The lowest BCUT2D eigenvalue weighted by Crippen LogP contribution is -2.51. The van der Waals surface area contributed by atoms with E-state index in [1.807, 2.05) is 6.92 Å². The molecule has 0 aliphatic carbocycles. The standard InChI is InChI=1S/C10H20O2/c1-3-5-6-10(7-12-8-10)9(11)4-2/h9,11H,3-8H2,1-2H3. The summed E-state index contributed by atoms with van der Waals surface area (Å²) in [5, 5.41) is 9.77. The minimum atomic E-state index is -0.155. The maximum absolute atomic E-state index is 9.77. The molecule has 0 saturated carbocycles. The van der Waals surface area contributed by atoms with Gasteiger partial charge in [0.1, 0.15) is 0 Å². The van der Waals surface area contributed by atoms with Gasteiger partial charge in [0.05, 0.1) is 19.3 Å². The first kappa shape index (κ1) is 10.0. The number of aliphatic hydroxyl groups is 1. The van der Waals surface area contributed by atoms with E-state index in [-0.39, 0.29) is 11.5 Å². The molecule has 0 bridgehead atoms. The first-order valence-corrected chi connectivity index (χ1v) is 5.01. The smallest absolute Gasteiger partial charge is 0.0638 e. The van der Waals surface area contributed by atoms with Gasteiger partial charge in [0.2, 0.25) is 0 Å². The van der Waals surface area contributed by atoms with Crippen molar-refractivity contribution in [1.29, 1.82) is 0 Å². The molecule has 2 heteroatoms. The average Bonchev–Trinajstić information content (AvgIpc) is 2.02. The number of hydrogen-bond donors (Lipinski definition) is 1. The summed E-state index contributed by atoms with van der Waals surface area (Å²) in [6.07, 6.45) is 4.24. The molecule has 1 heterocycles. The summed E-state index contributed by atoms with van der Waals surface area (Å²) in [5.74, 6) is 0. The van der Waals surface area contributed by atoms with Crippen molar-refractivity contribution in [2.24, 2.45) is 5.41 Å². The van der Waals surface area contributed by atoms with Crippen molar-refractivity contribution in [2.45, 2.75) is 45.6 Å². The van der Waals surface area contributed by atoms with Crippen molar-refractivity contribution in [3.05, 3.63) is 0 Å². The van der Waals surface area contributed by atoms with Crippen LogP contribution in [0, 0.1) is 5.41 Å². The lowest BCUT2D eigenvalue weighted by molar-refractivity contribution is -0.176. The van der Waals surface area contributed by atoms with Gasteiger partial charge in [0.15, 0.2) is 0 Å². The molecule has 1 unspecified atom stereocenters. The molecular formula is C10H20O2. The van der Waals surface area contributed by atoms with E-state index >= 15 is 0 Å². The third kappa shape index (κ3) is 1.80. The van der Waals surface area contributed by atoms with E-state index in [1.165, 1.54) is 12.8 Å². The van der Waals surface area contributed by atoms with Crippen LogP contribution < -0.4 is 0 Å². The molecule has 1 fully saturated rings. The second kappa shape index (κ2) is 4.24. The van der Waals surface area contributed by atoms with E-state index in [9.17, 15) is 5.11 Å². The van der Waals surface area contributed by atoms with Crippen molar-refractivity contribution in [3.8, 4) is 0 Å². The summed E-state index contributed by atoms with van der Waals surface area (Å²) in [7, 11) is 0. The summed E-state index contributed by atoms with van der Waals surface area (Å²) < 4.78 is 5.20. The largest absolute Gasteiger partial charge is 0.392 e. The number of unbranched alkanes of at least 4 members (excludes halogenated alkanes) is 1. The summed E-state index contributed by atoms with van der Waals surface area (Å²) in [6, 6.07) is 0. The second-order valence-electron chi connectivity index (χ2n) is 3.88. The maximum Gasteiger partial charge on any atom is 0.0638 e. The topological polar surface area (TPSA) is 29.5 Å². The van der Waals surface area contributed by atoms with Crippen LogP contribution in [-0.4, -0.2) is 24.4 Å². The predicted molar refractivity (Wildman–Crippen MR) is 49.1 cm³/mol. The molecule has 0 radical (unpaired) electrons. The Labute approximate surface area is 74.9 Å². The Balaban J connectivity index is 2.39. The van der Waals surface area contributed by atoms with Gasteiger partial charge in [0, 0.05) is 5.41 Å². The van der Waals surface area contributed by atoms with Crippen LogP contribution in [0.5, 0.6) is 0 Å². The zero-order valence-corrected chi connectivity index (χ0v) is 8.18. The molecule has 0 aromatic rings. The van der Waals surface area contributed by atoms with Crippen LogP contribution in [-0.2, 0) is 4.74 Å². The SMILES string of the molecule is CCCCC1(C(O)CC)COC1. The van der Waals surface area contributed by atoms with Crippen molar-refractivity contribution < 1.29 is 9.84 Å². The summed E-state index contributed by atoms with van der Waals surface area (Å²) >= 11 is 0. The third-order valence-corrected chi connectivity index (χ3v) is 2.90. The Kier molecular flexibility index (Phi) is 3.53. The first-order valence-electron chi connectivity index (χ1n) is 5.01. The molecule has 2 nitrogen and oxygen atoms in total. The van der Waals surface area contributed by atoms with Gasteiger partial charge < -0.3 is 9.84 Å². The number of rotatable bonds is 5. The second-order valence-corrected chi connectivity index (χ2v) is 3.88. The molecule has 1 rings (SSSR count). The number of ether oxygens (including phenoxy) is 1. The highest BCUT2D eigenvalue weighted by atomic mass is 16.5. The Bertz CT molecular complexity index is 130. The lowest BCUT2D eigenvalue weighted by Gasteiger charge is -2.45. The van der Waals surface area contributed by atoms with Gasteiger partial charge in [-0.15, -0.1) is 0 Å². The Hall–Kier alpha value is -0.0800. The molecule has 1 N–H and O–H groups in total. The zero-order valence-electron chi connectivity index (χ0n) is 8.18. The quantitative estimate of drug-likeness (QED) is 0.687. The zero-order chi connectivity index (χ0) is 9.03. The summed E-state index contributed by atoms with van der Waals surface area (Å²) in [4.78, 5) is 0. The van der Waals surface area contributed by atoms with Gasteiger partial charge in [-0.2, -0.15) is 0 Å². The molecule has 0 amide bonds. The highest BCUT2D eigenvalue weighted by molar-refractivity contribution is 4.91. The van der Waals surface area contributed by atoms with Gasteiger partial charge in [-0.25, -0.2) is 0 Å². The van der Waals surface area contributed by atoms with Crippen LogP contribution in [0.25, 0.3) is 0 Å². The molecule has 0 aromatic carbocycles. The summed E-state index contributed by atoms with van der Waals surface area (Å²) in [6.45, 7) is 5.76. The minimum Gasteiger partial charge on any atom is -0.392 e.